The van der Waals surface area contributed by atoms with Crippen LogP contribution in [0.25, 0.3) is 10.9 Å². The van der Waals surface area contributed by atoms with Gasteiger partial charge in [-0.25, -0.2) is 4.39 Å². The molecule has 1 amide bonds. The van der Waals surface area contributed by atoms with Crippen LogP contribution in [0.5, 0.6) is 0 Å². The number of aromatic nitrogens is 1. The van der Waals surface area contributed by atoms with Crippen molar-refractivity contribution in [1.82, 2.24) is 9.47 Å². The fourth-order valence-electron chi connectivity index (χ4n) is 3.76. The van der Waals surface area contributed by atoms with Crippen LogP contribution in [0, 0.1) is 5.82 Å². The minimum absolute atomic E-state index is 0.147. The van der Waals surface area contributed by atoms with Crippen LogP contribution in [-0.2, 0) is 11.8 Å². The van der Waals surface area contributed by atoms with E-state index in [1.54, 1.807) is 6.07 Å². The monoisotopic (exact) mass is 400 g/mol. The highest BCUT2D eigenvalue weighted by Crippen LogP contribution is 2.39. The second-order valence-corrected chi connectivity index (χ2v) is 7.33. The van der Waals surface area contributed by atoms with E-state index in [0.717, 1.165) is 35.0 Å². The number of para-hydroxylation sites is 1. The van der Waals surface area contributed by atoms with Crippen molar-refractivity contribution in [1.29, 1.82) is 0 Å². The number of likely N-dealkylation sites (tertiary alicyclic amines) is 1. The van der Waals surface area contributed by atoms with Gasteiger partial charge in [-0.15, -0.1) is 0 Å². The van der Waals surface area contributed by atoms with E-state index in [1.165, 1.54) is 12.1 Å². The molecular weight excluding hydrogens is 383 g/mol. The first kappa shape index (κ1) is 16.3. The molecule has 1 aromatic heterocycles. The molecule has 5 heteroatoms. The van der Waals surface area contributed by atoms with Gasteiger partial charge in [0.1, 0.15) is 5.82 Å². The Hall–Kier alpha value is -2.14. The Morgan fingerprint density at radius 1 is 1.16 bits per heavy atom. The first-order valence-electron chi connectivity index (χ1n) is 8.34. The summed E-state index contributed by atoms with van der Waals surface area (Å²) in [6, 6.07) is 12.6. The van der Waals surface area contributed by atoms with Crippen LogP contribution in [0.4, 0.5) is 4.39 Å². The van der Waals surface area contributed by atoms with E-state index >= 15 is 0 Å². The molecule has 25 heavy (non-hydrogen) atoms. The minimum Gasteiger partial charge on any atom is -0.350 e. The molecule has 0 radical (unpaired) electrons. The van der Waals surface area contributed by atoms with Gasteiger partial charge in [0, 0.05) is 47.1 Å². The number of carbonyl (C=O) groups excluding carboxylic acids is 1. The second kappa shape index (κ2) is 6.30. The van der Waals surface area contributed by atoms with Crippen molar-refractivity contribution in [2.24, 2.45) is 7.05 Å². The van der Waals surface area contributed by atoms with E-state index in [4.69, 9.17) is 0 Å². The van der Waals surface area contributed by atoms with Gasteiger partial charge in [0.25, 0.3) is 0 Å². The van der Waals surface area contributed by atoms with Gasteiger partial charge in [-0.1, -0.05) is 40.2 Å². The zero-order valence-corrected chi connectivity index (χ0v) is 15.5. The lowest BCUT2D eigenvalue weighted by molar-refractivity contribution is -0.129. The number of carbonyl (C=O) groups is 1. The maximum Gasteiger partial charge on any atom is 0.223 e. The maximum atomic E-state index is 13.6. The van der Waals surface area contributed by atoms with Crippen molar-refractivity contribution in [2.75, 3.05) is 6.54 Å². The van der Waals surface area contributed by atoms with Gasteiger partial charge in [-0.3, -0.25) is 4.79 Å². The fraction of sp³-hybridized carbons (Fsp3) is 0.250. The molecule has 1 saturated heterocycles. The van der Waals surface area contributed by atoms with Gasteiger partial charge >= 0.3 is 0 Å². The highest BCUT2D eigenvalue weighted by Gasteiger charge is 2.33. The summed E-state index contributed by atoms with van der Waals surface area (Å²) in [5, 5.41) is 1.12. The Kier molecular flexibility index (Phi) is 4.12. The third kappa shape index (κ3) is 2.76. The van der Waals surface area contributed by atoms with Crippen molar-refractivity contribution in [3.8, 4) is 0 Å². The average Bonchev–Trinajstić information content (AvgIpc) is 3.15. The van der Waals surface area contributed by atoms with Crippen molar-refractivity contribution >= 4 is 32.7 Å². The van der Waals surface area contributed by atoms with E-state index in [0.29, 0.717) is 10.9 Å². The summed E-state index contributed by atoms with van der Waals surface area (Å²) < 4.78 is 16.4. The van der Waals surface area contributed by atoms with Crippen LogP contribution in [0.15, 0.2) is 53.1 Å². The predicted octanol–water partition coefficient (Wildman–Crippen LogP) is 4.79. The lowest BCUT2D eigenvalue weighted by Gasteiger charge is -2.29. The lowest BCUT2D eigenvalue weighted by Crippen LogP contribution is -2.30. The zero-order chi connectivity index (χ0) is 17.6. The maximum absolute atomic E-state index is 13.6. The van der Waals surface area contributed by atoms with Crippen molar-refractivity contribution in [3.05, 3.63) is 70.1 Å². The Labute approximate surface area is 154 Å². The third-order valence-corrected chi connectivity index (χ3v) is 5.59. The molecule has 0 N–H and O–H groups in total. The van der Waals surface area contributed by atoms with E-state index in [2.05, 4.69) is 38.8 Å². The Morgan fingerprint density at radius 3 is 2.68 bits per heavy atom. The molecule has 128 valence electrons. The van der Waals surface area contributed by atoms with Crippen LogP contribution in [0.3, 0.4) is 0 Å². The molecule has 0 bridgehead atoms. The number of benzene rings is 2. The van der Waals surface area contributed by atoms with Crippen molar-refractivity contribution in [2.45, 2.75) is 18.9 Å². The summed E-state index contributed by atoms with van der Waals surface area (Å²) in [6.07, 6.45) is 3.51. The molecule has 0 saturated carbocycles. The topological polar surface area (TPSA) is 25.2 Å². The number of aryl methyl sites for hydroxylation is 1. The molecule has 1 atom stereocenters. The molecule has 1 unspecified atom stereocenters. The summed E-state index contributed by atoms with van der Waals surface area (Å²) >= 11 is 3.50. The summed E-state index contributed by atoms with van der Waals surface area (Å²) in [7, 11) is 2.01. The van der Waals surface area contributed by atoms with Gasteiger partial charge in [-0.2, -0.15) is 0 Å². The lowest BCUT2D eigenvalue weighted by atomic mass is 9.96. The van der Waals surface area contributed by atoms with Crippen LogP contribution in [-0.4, -0.2) is 21.9 Å². The smallest absolute Gasteiger partial charge is 0.223 e. The predicted molar refractivity (Wildman–Crippen MR) is 99.8 cm³/mol. The highest BCUT2D eigenvalue weighted by atomic mass is 79.9. The van der Waals surface area contributed by atoms with Crippen LogP contribution in [0.1, 0.15) is 30.0 Å². The summed E-state index contributed by atoms with van der Waals surface area (Å²) in [5.74, 6) is -0.144. The van der Waals surface area contributed by atoms with Gasteiger partial charge in [0.2, 0.25) is 5.91 Å². The van der Waals surface area contributed by atoms with E-state index in [9.17, 15) is 9.18 Å². The van der Waals surface area contributed by atoms with E-state index in [-0.39, 0.29) is 17.8 Å². The molecule has 2 aromatic carbocycles. The molecule has 1 aliphatic rings. The normalized spacial score (nSPS) is 16.0. The molecule has 1 fully saturated rings. The number of nitrogens with zero attached hydrogens (tertiary/aromatic N) is 2. The number of hydrogen-bond acceptors (Lipinski definition) is 1. The average molecular weight is 401 g/mol. The first-order valence-corrected chi connectivity index (χ1v) is 9.14. The van der Waals surface area contributed by atoms with Gasteiger partial charge in [0.05, 0.1) is 6.04 Å². The molecule has 1 aliphatic heterocycles. The number of rotatable bonds is 3. The largest absolute Gasteiger partial charge is 0.350 e. The summed E-state index contributed by atoms with van der Waals surface area (Å²) in [4.78, 5) is 14.4. The Morgan fingerprint density at radius 2 is 1.96 bits per heavy atom. The number of halogens is 2. The van der Waals surface area contributed by atoms with E-state index in [1.807, 2.05) is 24.1 Å². The minimum atomic E-state index is -0.292. The summed E-state index contributed by atoms with van der Waals surface area (Å²) in [6.45, 7) is 0.719. The van der Waals surface area contributed by atoms with Crippen LogP contribution >= 0.6 is 15.9 Å². The quantitative estimate of drug-likeness (QED) is 0.620. The number of fused-ring (bicyclic) bond motifs is 1. The van der Waals surface area contributed by atoms with Crippen LogP contribution < -0.4 is 0 Å². The standard InChI is InChI=1S/C20H18BrFN2O/c1-23-12-16(14-5-2-3-6-18(14)23)20(24-10-4-7-19(24)25)15-9-8-13(22)11-17(15)21/h2-3,5-6,8-9,11-12,20H,4,7,10H2,1H3. The molecule has 0 spiro atoms. The molecular formula is C20H18BrFN2O. The van der Waals surface area contributed by atoms with Crippen molar-refractivity contribution < 1.29 is 9.18 Å². The van der Waals surface area contributed by atoms with Crippen LogP contribution in [0.2, 0.25) is 0 Å². The van der Waals surface area contributed by atoms with E-state index < -0.39 is 0 Å². The van der Waals surface area contributed by atoms with Gasteiger partial charge in [0.15, 0.2) is 0 Å². The second-order valence-electron chi connectivity index (χ2n) is 6.47. The molecule has 4 rings (SSSR count). The fourth-order valence-corrected chi connectivity index (χ4v) is 4.33. The molecule has 2 heterocycles. The SMILES string of the molecule is Cn1cc(C(c2ccc(F)cc2Br)N2CCCC2=O)c2ccccc21. The zero-order valence-electron chi connectivity index (χ0n) is 13.9. The van der Waals surface area contributed by atoms with Crippen molar-refractivity contribution in [3.63, 3.8) is 0 Å². The Bertz CT molecular complexity index is 965. The summed E-state index contributed by atoms with van der Waals surface area (Å²) in [5.41, 5.74) is 3.10. The number of amides is 1. The highest BCUT2D eigenvalue weighted by molar-refractivity contribution is 9.10. The molecule has 3 aromatic rings. The molecule has 0 aliphatic carbocycles. The van der Waals surface area contributed by atoms with Gasteiger partial charge in [-0.05, 0) is 30.2 Å². The van der Waals surface area contributed by atoms with Gasteiger partial charge < -0.3 is 9.47 Å². The first-order chi connectivity index (χ1) is 12.1. The third-order valence-electron chi connectivity index (χ3n) is 4.90. The molecule has 3 nitrogen and oxygen atoms in total. The number of hydrogen-bond donors (Lipinski definition) is 0. The Balaban J connectivity index is 1.95.